The number of ether oxygens (including phenoxy) is 1. The maximum atomic E-state index is 11.4. The van der Waals surface area contributed by atoms with Gasteiger partial charge in [-0.2, -0.15) is 0 Å². The van der Waals surface area contributed by atoms with Crippen LogP contribution in [-0.2, 0) is 0 Å². The van der Waals surface area contributed by atoms with E-state index in [1.54, 1.807) is 0 Å². The number of nitrogens with one attached hydrogen (secondary N) is 1. The number of aromatic amines is 1. The highest BCUT2D eigenvalue weighted by Gasteiger charge is 2.21. The SMILES string of the molecule is C=C1Oc2cc3[nH]c(=O)sc3cc2-c2ccccc21. The predicted molar refractivity (Wildman–Crippen MR) is 77.5 cm³/mol. The maximum Gasteiger partial charge on any atom is 0.305 e. The summed E-state index contributed by atoms with van der Waals surface area (Å²) in [6, 6.07) is 11.9. The first-order valence-electron chi connectivity index (χ1n) is 5.86. The Bertz CT molecular complexity index is 889. The minimum atomic E-state index is -0.0514. The Kier molecular flexibility index (Phi) is 2.00. The molecule has 0 unspecified atom stereocenters. The first kappa shape index (κ1) is 10.6. The van der Waals surface area contributed by atoms with Crippen LogP contribution < -0.4 is 9.61 Å². The predicted octanol–water partition coefficient (Wildman–Crippen LogP) is 3.62. The van der Waals surface area contributed by atoms with E-state index in [4.69, 9.17) is 4.74 Å². The fourth-order valence-corrected chi connectivity index (χ4v) is 3.18. The minimum Gasteiger partial charge on any atom is -0.457 e. The molecule has 3 nitrogen and oxygen atoms in total. The molecule has 4 heteroatoms. The molecular weight excluding hydrogens is 258 g/mol. The Morgan fingerprint density at radius 2 is 1.89 bits per heavy atom. The fraction of sp³-hybridized carbons (Fsp3) is 0. The van der Waals surface area contributed by atoms with Crippen molar-refractivity contribution in [3.05, 3.63) is 58.2 Å². The Labute approximate surface area is 112 Å². The van der Waals surface area contributed by atoms with Gasteiger partial charge in [0.1, 0.15) is 11.5 Å². The summed E-state index contributed by atoms with van der Waals surface area (Å²) >= 11 is 1.21. The van der Waals surface area contributed by atoms with Gasteiger partial charge in [-0.05, 0) is 11.6 Å². The van der Waals surface area contributed by atoms with Crippen LogP contribution in [0.15, 0.2) is 47.8 Å². The molecule has 1 aromatic heterocycles. The Morgan fingerprint density at radius 1 is 1.11 bits per heavy atom. The first-order valence-corrected chi connectivity index (χ1v) is 6.67. The van der Waals surface area contributed by atoms with Crippen molar-refractivity contribution in [2.24, 2.45) is 0 Å². The molecule has 0 spiro atoms. The molecule has 0 bridgehead atoms. The maximum absolute atomic E-state index is 11.4. The molecule has 0 atom stereocenters. The zero-order valence-electron chi connectivity index (χ0n) is 9.90. The molecule has 2 heterocycles. The molecule has 0 aliphatic carbocycles. The summed E-state index contributed by atoms with van der Waals surface area (Å²) in [6.07, 6.45) is 0. The number of benzene rings is 2. The average molecular weight is 267 g/mol. The third-order valence-electron chi connectivity index (χ3n) is 3.27. The van der Waals surface area contributed by atoms with Gasteiger partial charge in [-0.25, -0.2) is 0 Å². The normalized spacial score (nSPS) is 12.9. The van der Waals surface area contributed by atoms with E-state index in [2.05, 4.69) is 11.6 Å². The lowest BCUT2D eigenvalue weighted by molar-refractivity contribution is 0.514. The molecule has 1 N–H and O–H groups in total. The van der Waals surface area contributed by atoms with Crippen LogP contribution in [0.4, 0.5) is 0 Å². The molecule has 4 rings (SSSR count). The van der Waals surface area contributed by atoms with Crippen LogP contribution >= 0.6 is 11.3 Å². The van der Waals surface area contributed by atoms with Crippen molar-refractivity contribution >= 4 is 27.3 Å². The largest absolute Gasteiger partial charge is 0.457 e. The van der Waals surface area contributed by atoms with Gasteiger partial charge in [0.05, 0.1) is 10.2 Å². The van der Waals surface area contributed by atoms with Gasteiger partial charge < -0.3 is 9.72 Å². The fourth-order valence-electron chi connectivity index (χ4n) is 2.42. The number of fused-ring (bicyclic) bond motifs is 4. The van der Waals surface area contributed by atoms with Crippen LogP contribution in [0.1, 0.15) is 5.56 Å². The summed E-state index contributed by atoms with van der Waals surface area (Å²) in [5, 5.41) is 0. The van der Waals surface area contributed by atoms with E-state index in [1.807, 2.05) is 36.4 Å². The van der Waals surface area contributed by atoms with Crippen molar-refractivity contribution in [2.45, 2.75) is 0 Å². The molecule has 0 fully saturated rings. The van der Waals surface area contributed by atoms with Gasteiger partial charge in [-0.15, -0.1) is 0 Å². The molecule has 2 aromatic carbocycles. The summed E-state index contributed by atoms with van der Waals surface area (Å²) in [7, 11) is 0. The van der Waals surface area contributed by atoms with E-state index in [9.17, 15) is 4.79 Å². The molecule has 1 aliphatic heterocycles. The van der Waals surface area contributed by atoms with E-state index in [1.165, 1.54) is 11.3 Å². The van der Waals surface area contributed by atoms with Crippen molar-refractivity contribution in [1.29, 1.82) is 0 Å². The summed E-state index contributed by atoms with van der Waals surface area (Å²) in [6.45, 7) is 3.95. The molecule has 92 valence electrons. The van der Waals surface area contributed by atoms with Crippen LogP contribution in [0.5, 0.6) is 5.75 Å². The van der Waals surface area contributed by atoms with Gasteiger partial charge in [-0.1, -0.05) is 42.2 Å². The number of aromatic nitrogens is 1. The van der Waals surface area contributed by atoms with E-state index >= 15 is 0 Å². The smallest absolute Gasteiger partial charge is 0.305 e. The van der Waals surface area contributed by atoms with E-state index in [-0.39, 0.29) is 4.87 Å². The topological polar surface area (TPSA) is 42.1 Å². The van der Waals surface area contributed by atoms with Gasteiger partial charge in [-0.3, -0.25) is 4.79 Å². The van der Waals surface area contributed by atoms with Gasteiger partial charge in [0, 0.05) is 17.2 Å². The van der Waals surface area contributed by atoms with Crippen LogP contribution in [0.2, 0.25) is 0 Å². The van der Waals surface area contributed by atoms with Crippen LogP contribution in [0.3, 0.4) is 0 Å². The summed E-state index contributed by atoms with van der Waals surface area (Å²) in [5.74, 6) is 1.38. The van der Waals surface area contributed by atoms with Crippen molar-refractivity contribution < 1.29 is 4.74 Å². The molecular formula is C15H9NO2S. The highest BCUT2D eigenvalue weighted by Crippen LogP contribution is 2.43. The van der Waals surface area contributed by atoms with Gasteiger partial charge in [0.25, 0.3) is 0 Å². The van der Waals surface area contributed by atoms with Crippen molar-refractivity contribution in [3.63, 3.8) is 0 Å². The van der Waals surface area contributed by atoms with Gasteiger partial charge >= 0.3 is 4.87 Å². The molecule has 1 aliphatic rings. The lowest BCUT2D eigenvalue weighted by Gasteiger charge is -2.22. The van der Waals surface area contributed by atoms with E-state index in [0.29, 0.717) is 5.76 Å². The van der Waals surface area contributed by atoms with Crippen molar-refractivity contribution in [3.8, 4) is 16.9 Å². The second-order valence-corrected chi connectivity index (χ2v) is 5.44. The highest BCUT2D eigenvalue weighted by molar-refractivity contribution is 7.16. The lowest BCUT2D eigenvalue weighted by atomic mass is 9.95. The molecule has 3 aromatic rings. The quantitative estimate of drug-likeness (QED) is 0.676. The zero-order chi connectivity index (χ0) is 13.0. The monoisotopic (exact) mass is 267 g/mol. The van der Waals surface area contributed by atoms with Gasteiger partial charge in [0.15, 0.2) is 0 Å². The highest BCUT2D eigenvalue weighted by atomic mass is 32.1. The molecule has 0 saturated carbocycles. The van der Waals surface area contributed by atoms with Crippen molar-refractivity contribution in [1.82, 2.24) is 4.98 Å². The third-order valence-corrected chi connectivity index (χ3v) is 4.12. The number of H-pyrrole nitrogens is 1. The molecule has 19 heavy (non-hydrogen) atoms. The average Bonchev–Trinajstić information content (AvgIpc) is 2.76. The van der Waals surface area contributed by atoms with Crippen LogP contribution in [0, 0.1) is 0 Å². The summed E-state index contributed by atoms with van der Waals surface area (Å²) in [5.41, 5.74) is 3.90. The molecule has 0 saturated heterocycles. The number of rotatable bonds is 0. The first-order chi connectivity index (χ1) is 9.22. The van der Waals surface area contributed by atoms with Crippen LogP contribution in [0.25, 0.3) is 27.1 Å². The van der Waals surface area contributed by atoms with Crippen LogP contribution in [-0.4, -0.2) is 4.98 Å². The number of thiazole rings is 1. The Balaban J connectivity index is 2.11. The number of hydrogen-bond donors (Lipinski definition) is 1. The molecule has 0 radical (unpaired) electrons. The third kappa shape index (κ3) is 1.47. The Morgan fingerprint density at radius 3 is 2.74 bits per heavy atom. The Hall–Kier alpha value is -2.33. The number of hydrogen-bond acceptors (Lipinski definition) is 3. The standard InChI is InChI=1S/C15H9NO2S/c1-8-9-4-2-3-5-10(9)11-6-14-12(7-13(11)18-8)16-15(17)19-14/h2-7H,1H2,(H,16,17). The summed E-state index contributed by atoms with van der Waals surface area (Å²) in [4.78, 5) is 14.2. The second-order valence-electron chi connectivity index (χ2n) is 4.43. The molecule has 0 amide bonds. The lowest BCUT2D eigenvalue weighted by Crippen LogP contribution is -2.03. The van der Waals surface area contributed by atoms with E-state index in [0.717, 1.165) is 32.7 Å². The van der Waals surface area contributed by atoms with Gasteiger partial charge in [0.2, 0.25) is 0 Å². The summed E-state index contributed by atoms with van der Waals surface area (Å²) < 4.78 is 6.70. The van der Waals surface area contributed by atoms with Crippen molar-refractivity contribution in [2.75, 3.05) is 0 Å². The van der Waals surface area contributed by atoms with E-state index < -0.39 is 0 Å². The minimum absolute atomic E-state index is 0.0514. The zero-order valence-corrected chi connectivity index (χ0v) is 10.7. The second kappa shape index (κ2) is 3.59.